The number of allylic oxidation sites excluding steroid dienone is 3. The Kier molecular flexibility index (Phi) is 11.0. The van der Waals surface area contributed by atoms with Crippen molar-refractivity contribution in [2.75, 3.05) is 10.5 Å². The van der Waals surface area contributed by atoms with Crippen molar-refractivity contribution in [3.05, 3.63) is 80.8 Å². The molecule has 0 saturated heterocycles. The zero-order valence-electron chi connectivity index (χ0n) is 18.6. The first-order valence-corrected chi connectivity index (χ1v) is 13.3. The molecule has 0 spiro atoms. The molecule has 10 heteroatoms. The lowest BCUT2D eigenvalue weighted by atomic mass is 10.2. The van der Waals surface area contributed by atoms with Gasteiger partial charge in [0.2, 0.25) is 10.0 Å². The molecule has 0 saturated carbocycles. The Balaban J connectivity index is 2.13. The predicted octanol–water partition coefficient (Wildman–Crippen LogP) is 8.20. The molecule has 0 heterocycles. The lowest BCUT2D eigenvalue weighted by Crippen LogP contribution is -2.17. The number of rotatable bonds is 11. The Morgan fingerprint density at radius 3 is 2.47 bits per heavy atom. The van der Waals surface area contributed by atoms with Gasteiger partial charge in [-0.15, -0.1) is 0 Å². The van der Waals surface area contributed by atoms with Crippen LogP contribution in [-0.4, -0.2) is 26.5 Å². The van der Waals surface area contributed by atoms with Gasteiger partial charge in [-0.3, -0.25) is 9.71 Å². The van der Waals surface area contributed by atoms with Gasteiger partial charge >= 0.3 is 0 Å². The fraction of sp³-hybridized carbons (Fsp3) is 0.208. The summed E-state index contributed by atoms with van der Waals surface area (Å²) in [7, 11) is -3.83. The summed E-state index contributed by atoms with van der Waals surface area (Å²) in [6, 6.07) is 10.3. The van der Waals surface area contributed by atoms with Crippen LogP contribution < -0.4 is 9.46 Å². The SMILES string of the molecule is C=Cc1ccccc1/N=C\C(C)Oc1c(Cl)cc(NS(=O)(=O)C/C(Cl)=C\C(Cl)=C/CC)cc1Cl. The molecule has 0 aromatic heterocycles. The maximum Gasteiger partial charge on any atom is 0.237 e. The molecule has 0 aliphatic rings. The van der Waals surface area contributed by atoms with Crippen LogP contribution in [0.15, 0.2) is 70.2 Å². The van der Waals surface area contributed by atoms with E-state index in [4.69, 9.17) is 51.1 Å². The van der Waals surface area contributed by atoms with Gasteiger partial charge in [0.05, 0.1) is 21.4 Å². The fourth-order valence-corrected chi connectivity index (χ4v) is 5.22. The molecule has 0 bridgehead atoms. The second kappa shape index (κ2) is 13.2. The molecular weight excluding hydrogens is 538 g/mol. The number of anilines is 1. The van der Waals surface area contributed by atoms with Crippen LogP contribution in [0.2, 0.25) is 10.0 Å². The van der Waals surface area contributed by atoms with E-state index < -0.39 is 21.9 Å². The summed E-state index contributed by atoms with van der Waals surface area (Å²) in [5.74, 6) is -0.258. The minimum Gasteiger partial charge on any atom is -0.482 e. The van der Waals surface area contributed by atoms with Crippen molar-refractivity contribution in [3.8, 4) is 5.75 Å². The topological polar surface area (TPSA) is 67.8 Å². The van der Waals surface area contributed by atoms with E-state index in [1.165, 1.54) is 18.2 Å². The molecule has 1 atom stereocenters. The van der Waals surface area contributed by atoms with Crippen molar-refractivity contribution in [1.29, 1.82) is 0 Å². The van der Waals surface area contributed by atoms with Gasteiger partial charge in [0, 0.05) is 16.3 Å². The molecule has 5 nitrogen and oxygen atoms in total. The number of halogens is 4. The zero-order valence-corrected chi connectivity index (χ0v) is 22.4. The minimum atomic E-state index is -3.83. The summed E-state index contributed by atoms with van der Waals surface area (Å²) in [6.07, 6.45) is 6.65. The van der Waals surface area contributed by atoms with Crippen molar-refractivity contribution in [3.63, 3.8) is 0 Å². The Hall–Kier alpha value is -1.96. The number of nitrogens with zero attached hydrogens (tertiary/aromatic N) is 1. The van der Waals surface area contributed by atoms with Gasteiger partial charge in [-0.2, -0.15) is 0 Å². The van der Waals surface area contributed by atoms with Gasteiger partial charge < -0.3 is 4.74 Å². The predicted molar refractivity (Wildman–Crippen MR) is 147 cm³/mol. The number of ether oxygens (including phenoxy) is 1. The van der Waals surface area contributed by atoms with Crippen LogP contribution >= 0.6 is 46.4 Å². The highest BCUT2D eigenvalue weighted by atomic mass is 35.5. The summed E-state index contributed by atoms with van der Waals surface area (Å²) in [4.78, 5) is 4.43. The molecule has 2 rings (SSSR count). The van der Waals surface area contributed by atoms with Gasteiger partial charge in [0.15, 0.2) is 5.75 Å². The molecule has 34 heavy (non-hydrogen) atoms. The third-order valence-corrected chi connectivity index (χ3v) is 6.64. The summed E-state index contributed by atoms with van der Waals surface area (Å²) >= 11 is 24.6. The maximum atomic E-state index is 12.5. The highest BCUT2D eigenvalue weighted by molar-refractivity contribution is 7.92. The molecule has 0 amide bonds. The van der Waals surface area contributed by atoms with Gasteiger partial charge in [-0.25, -0.2) is 8.42 Å². The summed E-state index contributed by atoms with van der Waals surface area (Å²) < 4.78 is 33.2. The number of hydrogen-bond acceptors (Lipinski definition) is 4. The second-order valence-electron chi connectivity index (χ2n) is 7.08. The summed E-state index contributed by atoms with van der Waals surface area (Å²) in [5, 5.41) is 0.687. The molecule has 182 valence electrons. The molecule has 1 N–H and O–H groups in total. The molecule has 0 aliphatic heterocycles. The van der Waals surface area contributed by atoms with Crippen LogP contribution in [0.5, 0.6) is 5.75 Å². The monoisotopic (exact) mass is 560 g/mol. The highest BCUT2D eigenvalue weighted by Crippen LogP contribution is 2.37. The average molecular weight is 562 g/mol. The number of sulfonamides is 1. The molecule has 2 aromatic rings. The first-order chi connectivity index (χ1) is 16.0. The van der Waals surface area contributed by atoms with Gasteiger partial charge in [0.1, 0.15) is 11.9 Å². The first kappa shape index (κ1) is 28.3. The van der Waals surface area contributed by atoms with Crippen molar-refractivity contribution < 1.29 is 13.2 Å². The molecule has 2 aromatic carbocycles. The van der Waals surface area contributed by atoms with E-state index in [1.807, 2.05) is 31.2 Å². The molecule has 0 radical (unpaired) electrons. The Bertz CT molecular complexity index is 1200. The summed E-state index contributed by atoms with van der Waals surface area (Å²) in [5.41, 5.74) is 1.80. The van der Waals surface area contributed by atoms with E-state index >= 15 is 0 Å². The first-order valence-electron chi connectivity index (χ1n) is 10.2. The van der Waals surface area contributed by atoms with Crippen molar-refractivity contribution in [2.45, 2.75) is 26.4 Å². The van der Waals surface area contributed by atoms with Crippen molar-refractivity contribution >= 4 is 80.1 Å². The average Bonchev–Trinajstić information content (AvgIpc) is 2.74. The molecule has 0 aliphatic carbocycles. The minimum absolute atomic E-state index is 0.0606. The third kappa shape index (κ3) is 9.01. The van der Waals surface area contributed by atoms with Crippen molar-refractivity contribution in [1.82, 2.24) is 0 Å². The number of hydrogen-bond donors (Lipinski definition) is 1. The number of aliphatic imine (C=N–C) groups is 1. The van der Waals surface area contributed by atoms with Gasteiger partial charge in [0.25, 0.3) is 0 Å². The summed E-state index contributed by atoms with van der Waals surface area (Å²) in [6.45, 7) is 7.45. The van der Waals surface area contributed by atoms with Gasteiger partial charge in [-0.05, 0) is 43.2 Å². The van der Waals surface area contributed by atoms with Crippen molar-refractivity contribution in [2.24, 2.45) is 4.99 Å². The van der Waals surface area contributed by atoms with E-state index in [2.05, 4.69) is 16.3 Å². The molecule has 0 fully saturated rings. The standard InChI is InChI=1S/C24H24Cl4N2O3S/c1-4-8-18(25)11-19(26)15-34(31,32)30-20-12-21(27)24(22(28)13-20)33-16(3)14-29-23-10-7-6-9-17(23)5-2/h5-14,16,30H,2,4,15H2,1,3H3/b18-8+,19-11+,29-14-. The van der Waals surface area contributed by atoms with E-state index in [1.54, 1.807) is 25.3 Å². The highest BCUT2D eigenvalue weighted by Gasteiger charge is 2.17. The number of nitrogens with one attached hydrogen (secondary N) is 1. The van der Waals surface area contributed by atoms with Crippen LogP contribution in [-0.2, 0) is 10.0 Å². The second-order valence-corrected chi connectivity index (χ2v) is 10.5. The molecule has 1 unspecified atom stereocenters. The largest absolute Gasteiger partial charge is 0.482 e. The maximum absolute atomic E-state index is 12.5. The fourth-order valence-electron chi connectivity index (χ4n) is 2.75. The molecular formula is C24H24Cl4N2O3S. The van der Waals surface area contributed by atoms with Crippen LogP contribution in [0, 0.1) is 0 Å². The lowest BCUT2D eigenvalue weighted by Gasteiger charge is -2.15. The van der Waals surface area contributed by atoms with E-state index in [9.17, 15) is 8.42 Å². The van der Waals surface area contributed by atoms with E-state index in [0.29, 0.717) is 11.5 Å². The van der Waals surface area contributed by atoms with Crippen LogP contribution in [0.25, 0.3) is 6.08 Å². The smallest absolute Gasteiger partial charge is 0.237 e. The van der Waals surface area contributed by atoms with Crippen LogP contribution in [0.3, 0.4) is 0 Å². The van der Waals surface area contributed by atoms with Gasteiger partial charge in [-0.1, -0.05) is 90.3 Å². The Morgan fingerprint density at radius 2 is 1.85 bits per heavy atom. The van der Waals surface area contributed by atoms with E-state index in [-0.39, 0.29) is 26.5 Å². The number of benzene rings is 2. The zero-order chi connectivity index (χ0) is 25.3. The third-order valence-electron chi connectivity index (χ3n) is 4.18. The Morgan fingerprint density at radius 1 is 1.21 bits per heavy atom. The Labute approximate surface area is 220 Å². The van der Waals surface area contributed by atoms with Crippen LogP contribution in [0.1, 0.15) is 25.8 Å². The quantitative estimate of drug-likeness (QED) is 0.222. The van der Waals surface area contributed by atoms with E-state index in [0.717, 1.165) is 11.3 Å². The van der Waals surface area contributed by atoms with Crippen LogP contribution in [0.4, 0.5) is 11.4 Å². The number of para-hydroxylation sites is 1. The lowest BCUT2D eigenvalue weighted by molar-refractivity contribution is 0.292. The normalized spacial score (nSPS) is 13.7.